The van der Waals surface area contributed by atoms with E-state index in [4.69, 9.17) is 23.2 Å². The third-order valence-corrected chi connectivity index (χ3v) is 4.57. The Morgan fingerprint density at radius 3 is 2.45 bits per heavy atom. The van der Waals surface area contributed by atoms with Crippen molar-refractivity contribution in [2.45, 2.75) is 0 Å². The van der Waals surface area contributed by atoms with Crippen molar-refractivity contribution >= 4 is 52.9 Å². The number of halogens is 3. The Labute approximate surface area is 150 Å². The van der Waals surface area contributed by atoms with E-state index in [2.05, 4.69) is 5.32 Å². The van der Waals surface area contributed by atoms with Gasteiger partial charge in [-0.05, 0) is 42.9 Å². The molecule has 2 aromatic rings. The lowest BCUT2D eigenvalue weighted by molar-refractivity contribution is 0.0801. The lowest BCUT2D eigenvalue weighted by Gasteiger charge is -2.15. The van der Waals surface area contributed by atoms with Gasteiger partial charge >= 0.3 is 0 Å². The number of carbonyl (C=O) groups is 1. The molecule has 1 aromatic carbocycles. The summed E-state index contributed by atoms with van der Waals surface area (Å²) in [5.74, 6) is 0.0228. The third-order valence-electron chi connectivity index (χ3n) is 3.01. The number of nitrogens with zero attached hydrogens (tertiary/aromatic N) is 1. The number of hydrogen-bond donors (Lipinski definition) is 1. The van der Waals surface area contributed by atoms with E-state index >= 15 is 0 Å². The molecule has 0 radical (unpaired) electrons. The number of carbonyl (C=O) groups excluding carboxylic acids is 1. The van der Waals surface area contributed by atoms with Gasteiger partial charge in [0.25, 0.3) is 5.91 Å². The highest BCUT2D eigenvalue weighted by molar-refractivity contribution is 7.17. The standard InChI is InChI=1S/C15H16Cl2N2OS.ClH/c1-18-5-6-19(2)15(20)14-4-3-13(21-14)10-7-11(16)9-12(17)8-10;/h3-4,7-9,18H,5-6H2,1-2H3;1H. The molecule has 0 fully saturated rings. The lowest BCUT2D eigenvalue weighted by Crippen LogP contribution is -2.32. The SMILES string of the molecule is CNCCN(C)C(=O)c1ccc(-c2cc(Cl)cc(Cl)c2)s1.Cl. The summed E-state index contributed by atoms with van der Waals surface area (Å²) >= 11 is 13.5. The fourth-order valence-electron chi connectivity index (χ4n) is 1.87. The second-order valence-corrected chi connectivity index (χ2v) is 6.61. The van der Waals surface area contributed by atoms with Crippen LogP contribution in [0, 0.1) is 0 Å². The largest absolute Gasteiger partial charge is 0.340 e. The van der Waals surface area contributed by atoms with Gasteiger partial charge in [-0.2, -0.15) is 0 Å². The monoisotopic (exact) mass is 378 g/mol. The maximum Gasteiger partial charge on any atom is 0.263 e. The predicted octanol–water partition coefficient (Wildman–Crippen LogP) is 4.44. The van der Waals surface area contributed by atoms with E-state index in [0.717, 1.165) is 17.0 Å². The van der Waals surface area contributed by atoms with Gasteiger partial charge in [0.05, 0.1) is 4.88 Å². The normalized spacial score (nSPS) is 10.2. The van der Waals surface area contributed by atoms with Gasteiger partial charge in [-0.25, -0.2) is 0 Å². The third kappa shape index (κ3) is 4.86. The minimum Gasteiger partial charge on any atom is -0.340 e. The van der Waals surface area contributed by atoms with Crippen molar-refractivity contribution in [3.05, 3.63) is 45.3 Å². The minimum absolute atomic E-state index is 0. The number of rotatable bonds is 5. The van der Waals surface area contributed by atoms with Crippen LogP contribution in [-0.2, 0) is 0 Å². The Balaban J connectivity index is 0.00000242. The Morgan fingerprint density at radius 1 is 1.23 bits per heavy atom. The number of thiophene rings is 1. The van der Waals surface area contributed by atoms with E-state index in [1.807, 2.05) is 31.3 Å². The molecule has 1 aromatic heterocycles. The van der Waals surface area contributed by atoms with Crippen molar-refractivity contribution in [1.29, 1.82) is 0 Å². The van der Waals surface area contributed by atoms with Gasteiger partial charge < -0.3 is 10.2 Å². The average Bonchev–Trinajstić information content (AvgIpc) is 2.92. The van der Waals surface area contributed by atoms with Gasteiger partial charge in [-0.1, -0.05) is 23.2 Å². The molecule has 1 N–H and O–H groups in total. The van der Waals surface area contributed by atoms with Crippen molar-refractivity contribution in [3.8, 4) is 10.4 Å². The van der Waals surface area contributed by atoms with E-state index in [1.165, 1.54) is 11.3 Å². The highest BCUT2D eigenvalue weighted by atomic mass is 35.5. The second-order valence-electron chi connectivity index (χ2n) is 4.65. The quantitative estimate of drug-likeness (QED) is 0.833. The molecule has 22 heavy (non-hydrogen) atoms. The van der Waals surface area contributed by atoms with Crippen molar-refractivity contribution < 1.29 is 4.79 Å². The van der Waals surface area contributed by atoms with Crippen LogP contribution >= 0.6 is 46.9 Å². The van der Waals surface area contributed by atoms with Gasteiger partial charge in [-0.15, -0.1) is 23.7 Å². The fraction of sp³-hybridized carbons (Fsp3) is 0.267. The van der Waals surface area contributed by atoms with Gasteiger partial charge in [0.15, 0.2) is 0 Å². The zero-order valence-corrected chi connectivity index (χ0v) is 15.4. The van der Waals surface area contributed by atoms with Crippen molar-refractivity contribution in [2.75, 3.05) is 27.2 Å². The molecule has 0 unspecified atom stereocenters. The lowest BCUT2D eigenvalue weighted by atomic mass is 10.2. The highest BCUT2D eigenvalue weighted by Gasteiger charge is 2.14. The molecule has 0 aliphatic heterocycles. The molecule has 0 saturated heterocycles. The Kier molecular flexibility index (Phi) is 7.66. The molecule has 2 rings (SSSR count). The fourth-order valence-corrected chi connectivity index (χ4v) is 3.39. The van der Waals surface area contributed by atoms with E-state index in [9.17, 15) is 4.79 Å². The van der Waals surface area contributed by atoms with Gasteiger partial charge in [-0.3, -0.25) is 4.79 Å². The number of nitrogens with one attached hydrogen (secondary N) is 1. The highest BCUT2D eigenvalue weighted by Crippen LogP contribution is 2.32. The first kappa shape index (κ1) is 19.3. The van der Waals surface area contributed by atoms with Crippen molar-refractivity contribution in [2.24, 2.45) is 0 Å². The molecule has 3 nitrogen and oxygen atoms in total. The number of likely N-dealkylation sites (N-methyl/N-ethyl adjacent to an activating group) is 2. The molecule has 7 heteroatoms. The number of hydrogen-bond acceptors (Lipinski definition) is 3. The van der Waals surface area contributed by atoms with Gasteiger partial charge in [0.2, 0.25) is 0 Å². The van der Waals surface area contributed by atoms with Crippen LogP contribution in [0.3, 0.4) is 0 Å². The van der Waals surface area contributed by atoms with E-state index < -0.39 is 0 Å². The summed E-state index contributed by atoms with van der Waals surface area (Å²) in [5.41, 5.74) is 0.925. The van der Waals surface area contributed by atoms with E-state index in [1.54, 1.807) is 18.0 Å². The van der Waals surface area contributed by atoms with Crippen LogP contribution in [0.15, 0.2) is 30.3 Å². The predicted molar refractivity (Wildman–Crippen MR) is 97.9 cm³/mol. The zero-order chi connectivity index (χ0) is 15.4. The Bertz CT molecular complexity index is 625. The first-order valence-corrected chi connectivity index (χ1v) is 8.05. The van der Waals surface area contributed by atoms with E-state index in [0.29, 0.717) is 21.5 Å². The van der Waals surface area contributed by atoms with Gasteiger partial charge in [0, 0.05) is 35.1 Å². The van der Waals surface area contributed by atoms with Crippen LogP contribution in [0.25, 0.3) is 10.4 Å². The maximum absolute atomic E-state index is 12.3. The topological polar surface area (TPSA) is 32.3 Å². The molecule has 0 spiro atoms. The van der Waals surface area contributed by atoms with Crippen LogP contribution in [0.4, 0.5) is 0 Å². The average molecular weight is 380 g/mol. The molecule has 120 valence electrons. The summed E-state index contributed by atoms with van der Waals surface area (Å²) < 4.78 is 0. The van der Waals surface area contributed by atoms with Crippen LogP contribution in [-0.4, -0.2) is 38.0 Å². The summed E-state index contributed by atoms with van der Waals surface area (Å²) in [4.78, 5) is 15.7. The summed E-state index contributed by atoms with van der Waals surface area (Å²) in [6.45, 7) is 1.44. The summed E-state index contributed by atoms with van der Waals surface area (Å²) in [7, 11) is 3.67. The molecular weight excluding hydrogens is 363 g/mol. The summed E-state index contributed by atoms with van der Waals surface area (Å²) in [6, 6.07) is 9.15. The van der Waals surface area contributed by atoms with Crippen molar-refractivity contribution in [3.63, 3.8) is 0 Å². The molecule has 0 saturated carbocycles. The first-order valence-electron chi connectivity index (χ1n) is 6.47. The van der Waals surface area contributed by atoms with Crippen LogP contribution in [0.1, 0.15) is 9.67 Å². The second kappa shape index (κ2) is 8.75. The van der Waals surface area contributed by atoms with Crippen LogP contribution < -0.4 is 5.32 Å². The van der Waals surface area contributed by atoms with Gasteiger partial charge in [0.1, 0.15) is 0 Å². The van der Waals surface area contributed by atoms with Crippen LogP contribution in [0.5, 0.6) is 0 Å². The smallest absolute Gasteiger partial charge is 0.263 e. The molecule has 0 aliphatic rings. The number of amides is 1. The Morgan fingerprint density at radius 2 is 1.86 bits per heavy atom. The first-order chi connectivity index (χ1) is 10.0. The zero-order valence-electron chi connectivity index (χ0n) is 12.2. The molecule has 0 atom stereocenters. The molecule has 0 bridgehead atoms. The summed E-state index contributed by atoms with van der Waals surface area (Å²) in [6.07, 6.45) is 0. The molecule has 0 aliphatic carbocycles. The molecular formula is C15H17Cl3N2OS. The van der Waals surface area contributed by atoms with Crippen LogP contribution in [0.2, 0.25) is 10.0 Å². The van der Waals surface area contributed by atoms with Crippen molar-refractivity contribution in [1.82, 2.24) is 10.2 Å². The summed E-state index contributed by atoms with van der Waals surface area (Å²) in [5, 5.41) is 4.20. The Hall–Kier alpha value is -0.780. The minimum atomic E-state index is 0. The maximum atomic E-state index is 12.3. The molecule has 1 heterocycles. The van der Waals surface area contributed by atoms with E-state index in [-0.39, 0.29) is 18.3 Å². The molecule has 1 amide bonds. The number of benzene rings is 1.